The van der Waals surface area contributed by atoms with Crippen LogP contribution in [-0.4, -0.2) is 0 Å². The number of benzene rings is 2. The summed E-state index contributed by atoms with van der Waals surface area (Å²) in [6, 6.07) is 14.7. The van der Waals surface area contributed by atoms with E-state index in [9.17, 15) is 10.4 Å². The first-order valence-electron chi connectivity index (χ1n) is 7.65. The number of hydrogen-bond acceptors (Lipinski definition) is 2. The topological polar surface area (TPSA) is 53.9 Å². The third-order valence-corrected chi connectivity index (χ3v) is 5.94. The zero-order chi connectivity index (χ0) is 16.7. The molecule has 2 heterocycles. The summed E-state index contributed by atoms with van der Waals surface area (Å²) in [5.74, 6) is 0. The highest BCUT2D eigenvalue weighted by Gasteiger charge is 2.32. The molecule has 0 radical (unpaired) electrons. The molecule has 0 unspecified atom stereocenters. The van der Waals surface area contributed by atoms with Crippen LogP contribution in [0.5, 0.6) is 0 Å². The fourth-order valence-corrected chi connectivity index (χ4v) is 4.67. The summed E-state index contributed by atoms with van der Waals surface area (Å²) < 4.78 is 1.83. The highest BCUT2D eigenvalue weighted by atomic mass is 32.2. The smallest absolute Gasteiger partial charge is 0.313 e. The van der Waals surface area contributed by atoms with Crippen molar-refractivity contribution in [1.82, 2.24) is 0 Å². The van der Waals surface area contributed by atoms with Crippen molar-refractivity contribution in [2.45, 2.75) is 11.9 Å². The highest BCUT2D eigenvalue weighted by molar-refractivity contribution is 8.22. The van der Waals surface area contributed by atoms with Gasteiger partial charge in [0, 0.05) is 12.1 Å². The van der Waals surface area contributed by atoms with E-state index in [4.69, 9.17) is 0 Å². The van der Waals surface area contributed by atoms with Crippen LogP contribution in [0.3, 0.4) is 0 Å². The molecule has 4 rings (SSSR count). The summed E-state index contributed by atoms with van der Waals surface area (Å²) in [4.78, 5) is 0. The molecular formula is C19H16N2O2S. The molecule has 1 aromatic heterocycles. The van der Waals surface area contributed by atoms with Crippen LogP contribution in [0.15, 0.2) is 76.5 Å². The number of hydrogen-bond donors (Lipinski definition) is 1. The quantitative estimate of drug-likeness (QED) is 0.442. The molecule has 1 aliphatic heterocycles. The third-order valence-electron chi connectivity index (χ3n) is 4.07. The second-order valence-electron chi connectivity index (χ2n) is 5.71. The van der Waals surface area contributed by atoms with Crippen molar-refractivity contribution in [3.05, 3.63) is 87.5 Å². The summed E-state index contributed by atoms with van der Waals surface area (Å²) in [5, 5.41) is 30.7. The van der Waals surface area contributed by atoms with Gasteiger partial charge in [0.1, 0.15) is 0 Å². The van der Waals surface area contributed by atoms with Crippen molar-refractivity contribution in [1.29, 1.82) is 0 Å². The molecule has 2 aromatic carbocycles. The molecule has 0 atom stereocenters. The minimum atomic E-state index is -0.934. The zero-order valence-electron chi connectivity index (χ0n) is 13.1. The Kier molecular flexibility index (Phi) is 3.50. The summed E-state index contributed by atoms with van der Waals surface area (Å²) in [5.41, 5.74) is 2.94. The minimum Gasteiger partial charge on any atom is -0.617 e. The van der Waals surface area contributed by atoms with Crippen molar-refractivity contribution in [3.8, 4) is 11.3 Å². The fourth-order valence-electron chi connectivity index (χ4n) is 2.93. The fraction of sp³-hybridized carbons (Fsp3) is 0.0526. The van der Waals surface area contributed by atoms with Gasteiger partial charge in [-0.2, -0.15) is 4.73 Å². The van der Waals surface area contributed by atoms with Crippen LogP contribution < -0.4 is 9.46 Å². The van der Waals surface area contributed by atoms with E-state index in [0.29, 0.717) is 21.8 Å². The Morgan fingerprint density at radius 3 is 2.25 bits per heavy atom. The molecule has 3 aromatic rings. The van der Waals surface area contributed by atoms with Crippen LogP contribution in [0.25, 0.3) is 22.3 Å². The average Bonchev–Trinajstić information content (AvgIpc) is 3.12. The Bertz CT molecular complexity index is 985. The number of aromatic nitrogens is 2. The van der Waals surface area contributed by atoms with Gasteiger partial charge < -0.3 is 10.4 Å². The molecule has 0 saturated carbocycles. The number of aryl methyl sites for hydroxylation is 1. The Morgan fingerprint density at radius 2 is 1.54 bits per heavy atom. The van der Waals surface area contributed by atoms with Gasteiger partial charge in [0.25, 0.3) is 11.0 Å². The predicted molar refractivity (Wildman–Crippen MR) is 97.6 cm³/mol. The van der Waals surface area contributed by atoms with Crippen LogP contribution in [0, 0.1) is 17.3 Å². The second-order valence-corrected chi connectivity index (χ2v) is 7.54. The van der Waals surface area contributed by atoms with Crippen LogP contribution in [-0.2, 0) is 0 Å². The van der Waals surface area contributed by atoms with Crippen LogP contribution >= 0.6 is 10.9 Å². The molecule has 0 fully saturated rings. The second kappa shape index (κ2) is 5.69. The number of fused-ring (bicyclic) bond motifs is 1. The van der Waals surface area contributed by atoms with Gasteiger partial charge >= 0.3 is 10.7 Å². The number of nitrogens with zero attached hydrogens (tertiary/aromatic N) is 2. The van der Waals surface area contributed by atoms with E-state index in [-0.39, 0.29) is 0 Å². The first kappa shape index (κ1) is 14.8. The van der Waals surface area contributed by atoms with E-state index in [1.807, 2.05) is 66.3 Å². The van der Waals surface area contributed by atoms with Gasteiger partial charge in [-0.25, -0.2) is 0 Å². The normalized spacial score (nSPS) is 14.6. The maximum Gasteiger partial charge on any atom is 0.313 e. The molecule has 0 bridgehead atoms. The molecule has 0 spiro atoms. The number of allylic oxidation sites excluding steroid dienone is 2. The van der Waals surface area contributed by atoms with Gasteiger partial charge in [-0.05, 0) is 35.4 Å². The first-order chi connectivity index (χ1) is 11.7. The average molecular weight is 336 g/mol. The molecular weight excluding hydrogens is 320 g/mol. The largest absolute Gasteiger partial charge is 0.617 e. The summed E-state index contributed by atoms with van der Waals surface area (Å²) in [6.45, 7) is 1.91. The van der Waals surface area contributed by atoms with Gasteiger partial charge in [-0.3, -0.25) is 0 Å². The molecule has 24 heavy (non-hydrogen) atoms. The monoisotopic (exact) mass is 336 g/mol. The maximum atomic E-state index is 13.1. The Balaban J connectivity index is 2.14. The van der Waals surface area contributed by atoms with E-state index in [1.165, 1.54) is 0 Å². The lowest BCUT2D eigenvalue weighted by Gasteiger charge is -2.17. The van der Waals surface area contributed by atoms with Gasteiger partial charge in [0.05, 0.1) is 5.56 Å². The molecule has 4 nitrogen and oxygen atoms in total. The van der Waals surface area contributed by atoms with Gasteiger partial charge in [-0.15, -0.1) is 15.6 Å². The van der Waals surface area contributed by atoms with Crippen molar-refractivity contribution in [2.75, 3.05) is 0 Å². The molecule has 120 valence electrons. The lowest BCUT2D eigenvalue weighted by Crippen LogP contribution is -2.42. The molecule has 0 aliphatic carbocycles. The van der Waals surface area contributed by atoms with Crippen molar-refractivity contribution in [2.24, 2.45) is 0 Å². The number of rotatable bonds is 2. The van der Waals surface area contributed by atoms with Gasteiger partial charge in [-0.1, -0.05) is 36.4 Å². The van der Waals surface area contributed by atoms with Crippen molar-refractivity contribution in [3.63, 3.8) is 0 Å². The molecule has 5 heteroatoms. The zero-order valence-corrected chi connectivity index (χ0v) is 14.0. The number of thiol groups is 1. The standard InChI is InChI=1S/C19H16N2O2S/c1-14-9-10-16-17(13-14)20(22)18(15-7-3-2-4-8-15)19(21(16)23)24-11-5-6-12-24/h2-13,24H,1H3. The summed E-state index contributed by atoms with van der Waals surface area (Å²) >= 11 is 0. The maximum absolute atomic E-state index is 13.1. The first-order valence-corrected chi connectivity index (χ1v) is 9.13. The summed E-state index contributed by atoms with van der Waals surface area (Å²) in [6.07, 6.45) is 3.85. The van der Waals surface area contributed by atoms with E-state index in [0.717, 1.165) is 20.6 Å². The van der Waals surface area contributed by atoms with Crippen LogP contribution in [0.1, 0.15) is 5.56 Å². The minimum absolute atomic E-state index is 0.398. The molecule has 0 amide bonds. The van der Waals surface area contributed by atoms with Crippen molar-refractivity contribution >= 4 is 21.9 Å². The predicted octanol–water partition coefficient (Wildman–Crippen LogP) is 3.48. The van der Waals surface area contributed by atoms with E-state index in [2.05, 4.69) is 0 Å². The van der Waals surface area contributed by atoms with E-state index < -0.39 is 10.9 Å². The third kappa shape index (κ3) is 2.25. The molecule has 1 aliphatic rings. The lowest BCUT2D eigenvalue weighted by molar-refractivity contribution is -0.653. The highest BCUT2D eigenvalue weighted by Crippen LogP contribution is 2.44. The van der Waals surface area contributed by atoms with Crippen LogP contribution in [0.4, 0.5) is 0 Å². The summed E-state index contributed by atoms with van der Waals surface area (Å²) in [7, 11) is -0.934. The molecule has 0 N–H and O–H groups in total. The Hall–Kier alpha value is -2.79. The van der Waals surface area contributed by atoms with Gasteiger partial charge in [0.2, 0.25) is 0 Å². The van der Waals surface area contributed by atoms with Crippen molar-refractivity contribution < 1.29 is 9.46 Å². The van der Waals surface area contributed by atoms with E-state index >= 15 is 0 Å². The Labute approximate surface area is 142 Å². The van der Waals surface area contributed by atoms with E-state index in [1.54, 1.807) is 12.1 Å². The SMILES string of the molecule is Cc1ccc2c(c1)[n+]([O-])c(-c1ccccc1)c([SH]1C=CC=C1)[n+]2[O-]. The van der Waals surface area contributed by atoms with Gasteiger partial charge in [0.15, 0.2) is 0 Å². The lowest BCUT2D eigenvalue weighted by atomic mass is 10.1. The van der Waals surface area contributed by atoms with Crippen LogP contribution in [0.2, 0.25) is 0 Å². The Morgan fingerprint density at radius 1 is 0.833 bits per heavy atom. The molecule has 0 saturated heterocycles.